The van der Waals surface area contributed by atoms with E-state index in [-0.39, 0.29) is 11.3 Å². The van der Waals surface area contributed by atoms with Gasteiger partial charge >= 0.3 is 0 Å². The minimum Gasteiger partial charge on any atom is -0.268 e. The van der Waals surface area contributed by atoms with Crippen LogP contribution in [0.1, 0.15) is 37.5 Å². The Morgan fingerprint density at radius 1 is 0.793 bits per heavy atom. The number of hydrazone groups is 1. The molecular weight excluding hydrogens is 356 g/mol. The van der Waals surface area contributed by atoms with Crippen molar-refractivity contribution in [1.29, 1.82) is 0 Å². The molecule has 0 aliphatic carbocycles. The van der Waals surface area contributed by atoms with Gasteiger partial charge in [0, 0.05) is 6.08 Å². The summed E-state index contributed by atoms with van der Waals surface area (Å²) in [5, 5.41) is 4.03. The van der Waals surface area contributed by atoms with Crippen LogP contribution in [0.2, 0.25) is 0 Å². The van der Waals surface area contributed by atoms with Crippen molar-refractivity contribution in [2.75, 3.05) is 0 Å². The van der Waals surface area contributed by atoms with Gasteiger partial charge < -0.3 is 0 Å². The van der Waals surface area contributed by atoms with Gasteiger partial charge in [-0.2, -0.15) is 5.10 Å². The molecule has 3 rings (SSSR count). The molecule has 1 N–H and O–H groups in total. The summed E-state index contributed by atoms with van der Waals surface area (Å²) < 4.78 is 0. The van der Waals surface area contributed by atoms with E-state index < -0.39 is 0 Å². The quantitative estimate of drug-likeness (QED) is 0.337. The Hall–Kier alpha value is -3.46. The van der Waals surface area contributed by atoms with Gasteiger partial charge in [0.05, 0.1) is 6.21 Å². The van der Waals surface area contributed by atoms with E-state index in [9.17, 15) is 4.79 Å². The van der Waals surface area contributed by atoms with Crippen LogP contribution in [0.25, 0.3) is 17.2 Å². The van der Waals surface area contributed by atoms with Crippen LogP contribution < -0.4 is 5.43 Å². The Bertz CT molecular complexity index is 993. The van der Waals surface area contributed by atoms with Crippen molar-refractivity contribution < 1.29 is 4.79 Å². The molecule has 0 fully saturated rings. The summed E-state index contributed by atoms with van der Waals surface area (Å²) in [6.07, 6.45) is 4.91. The molecule has 3 aromatic rings. The molecule has 3 nitrogen and oxygen atoms in total. The molecule has 0 aliphatic heterocycles. The fourth-order valence-electron chi connectivity index (χ4n) is 2.87. The van der Waals surface area contributed by atoms with Gasteiger partial charge in [0.1, 0.15) is 0 Å². The highest BCUT2D eigenvalue weighted by atomic mass is 16.2. The molecule has 0 heterocycles. The summed E-state index contributed by atoms with van der Waals surface area (Å²) >= 11 is 0. The van der Waals surface area contributed by atoms with Crippen LogP contribution in [-0.2, 0) is 10.2 Å². The molecular formula is C26H26N2O. The maximum absolute atomic E-state index is 12.0. The van der Waals surface area contributed by atoms with Gasteiger partial charge in [-0.1, -0.05) is 99.6 Å². The summed E-state index contributed by atoms with van der Waals surface area (Å²) in [5.74, 6) is -0.262. The van der Waals surface area contributed by atoms with Crippen LogP contribution in [0.5, 0.6) is 0 Å². The van der Waals surface area contributed by atoms with E-state index in [2.05, 4.69) is 55.6 Å². The highest BCUT2D eigenvalue weighted by Gasteiger charge is 2.12. The highest BCUT2D eigenvalue weighted by Crippen LogP contribution is 2.22. The zero-order valence-electron chi connectivity index (χ0n) is 17.1. The molecule has 3 aromatic carbocycles. The van der Waals surface area contributed by atoms with Crippen LogP contribution in [0.15, 0.2) is 90.0 Å². The third kappa shape index (κ3) is 6.01. The van der Waals surface area contributed by atoms with E-state index in [0.29, 0.717) is 0 Å². The summed E-state index contributed by atoms with van der Waals surface area (Å²) in [5.41, 5.74) is 8.13. The zero-order chi connectivity index (χ0) is 20.7. The average molecular weight is 383 g/mol. The lowest BCUT2D eigenvalue weighted by molar-refractivity contribution is -0.116. The predicted molar refractivity (Wildman–Crippen MR) is 122 cm³/mol. The first-order valence-corrected chi connectivity index (χ1v) is 9.69. The second-order valence-corrected chi connectivity index (χ2v) is 7.93. The van der Waals surface area contributed by atoms with E-state index in [1.54, 1.807) is 12.3 Å². The Labute approximate surface area is 172 Å². The Balaban J connectivity index is 1.53. The maximum atomic E-state index is 12.0. The number of carbonyl (C=O) groups is 1. The topological polar surface area (TPSA) is 41.5 Å². The minimum absolute atomic E-state index is 0.119. The molecule has 0 bridgehead atoms. The molecule has 146 valence electrons. The fraction of sp³-hybridized carbons (Fsp3) is 0.154. The Morgan fingerprint density at radius 3 is 2.00 bits per heavy atom. The standard InChI is InChI=1S/C26H26N2O/c1-26(2,3)24-16-11-20(12-17-24)13-18-25(29)28-27-19-21-9-14-23(15-10-21)22-7-5-4-6-8-22/h4-19H,1-3H3,(H,28,29)/b18-13+,27-19+. The van der Waals surface area contributed by atoms with Crippen molar-refractivity contribution in [2.24, 2.45) is 5.10 Å². The molecule has 0 saturated heterocycles. The fourth-order valence-corrected chi connectivity index (χ4v) is 2.87. The summed E-state index contributed by atoms with van der Waals surface area (Å²) in [6.45, 7) is 6.54. The lowest BCUT2D eigenvalue weighted by atomic mass is 9.87. The number of nitrogens with one attached hydrogen (secondary N) is 1. The van der Waals surface area contributed by atoms with Gasteiger partial charge in [-0.3, -0.25) is 4.79 Å². The largest absolute Gasteiger partial charge is 0.268 e. The van der Waals surface area contributed by atoms with E-state index in [4.69, 9.17) is 0 Å². The van der Waals surface area contributed by atoms with E-state index in [1.165, 1.54) is 17.2 Å². The molecule has 0 atom stereocenters. The van der Waals surface area contributed by atoms with Gasteiger partial charge in [0.2, 0.25) is 0 Å². The molecule has 1 amide bonds. The van der Waals surface area contributed by atoms with Gasteiger partial charge in [-0.25, -0.2) is 5.43 Å². The number of hydrogen-bond acceptors (Lipinski definition) is 2. The number of carbonyl (C=O) groups excluding carboxylic acids is 1. The van der Waals surface area contributed by atoms with Crippen molar-refractivity contribution in [2.45, 2.75) is 26.2 Å². The van der Waals surface area contributed by atoms with Crippen LogP contribution in [0.4, 0.5) is 0 Å². The first-order chi connectivity index (χ1) is 13.9. The second-order valence-electron chi connectivity index (χ2n) is 7.93. The van der Waals surface area contributed by atoms with Crippen molar-refractivity contribution in [3.8, 4) is 11.1 Å². The van der Waals surface area contributed by atoms with Gasteiger partial charge in [-0.15, -0.1) is 0 Å². The van der Waals surface area contributed by atoms with E-state index in [0.717, 1.165) is 16.7 Å². The number of rotatable bonds is 5. The third-order valence-electron chi connectivity index (χ3n) is 4.61. The highest BCUT2D eigenvalue weighted by molar-refractivity contribution is 5.92. The van der Waals surface area contributed by atoms with Crippen molar-refractivity contribution in [3.63, 3.8) is 0 Å². The van der Waals surface area contributed by atoms with Crippen molar-refractivity contribution in [1.82, 2.24) is 5.43 Å². The number of hydrogen-bond donors (Lipinski definition) is 1. The van der Waals surface area contributed by atoms with E-state index in [1.807, 2.05) is 54.6 Å². The second kappa shape index (κ2) is 9.16. The van der Waals surface area contributed by atoms with Gasteiger partial charge in [-0.05, 0) is 39.3 Å². The summed E-state index contributed by atoms with van der Waals surface area (Å²) in [6, 6.07) is 26.4. The van der Waals surface area contributed by atoms with Gasteiger partial charge in [0.15, 0.2) is 0 Å². The monoisotopic (exact) mass is 382 g/mol. The molecule has 0 saturated carbocycles. The number of nitrogens with zero attached hydrogens (tertiary/aromatic N) is 1. The molecule has 29 heavy (non-hydrogen) atoms. The summed E-state index contributed by atoms with van der Waals surface area (Å²) in [4.78, 5) is 12.0. The molecule has 0 unspecified atom stereocenters. The van der Waals surface area contributed by atoms with Crippen LogP contribution in [0, 0.1) is 0 Å². The van der Waals surface area contributed by atoms with Crippen LogP contribution >= 0.6 is 0 Å². The maximum Gasteiger partial charge on any atom is 0.264 e. The van der Waals surface area contributed by atoms with Crippen molar-refractivity contribution in [3.05, 3.63) is 102 Å². The van der Waals surface area contributed by atoms with Gasteiger partial charge in [0.25, 0.3) is 5.91 Å². The zero-order valence-corrected chi connectivity index (χ0v) is 17.1. The predicted octanol–water partition coefficient (Wildman–Crippen LogP) is 5.81. The van der Waals surface area contributed by atoms with Crippen molar-refractivity contribution >= 4 is 18.2 Å². The molecule has 3 heteroatoms. The van der Waals surface area contributed by atoms with Crippen LogP contribution in [-0.4, -0.2) is 12.1 Å². The normalized spacial score (nSPS) is 11.8. The number of amides is 1. The third-order valence-corrected chi connectivity index (χ3v) is 4.61. The lowest BCUT2D eigenvalue weighted by Gasteiger charge is -2.18. The average Bonchev–Trinajstić information content (AvgIpc) is 2.73. The number of benzene rings is 3. The van der Waals surface area contributed by atoms with Crippen LogP contribution in [0.3, 0.4) is 0 Å². The molecule has 0 radical (unpaired) electrons. The molecule has 0 spiro atoms. The lowest BCUT2D eigenvalue weighted by Crippen LogP contribution is -2.14. The minimum atomic E-state index is -0.262. The first kappa shape index (κ1) is 20.3. The molecule has 0 aliphatic rings. The summed E-state index contributed by atoms with van der Waals surface area (Å²) in [7, 11) is 0. The SMILES string of the molecule is CC(C)(C)c1ccc(/C=C/C(=O)N/N=C/c2ccc(-c3ccccc3)cc2)cc1. The smallest absolute Gasteiger partial charge is 0.264 e. The first-order valence-electron chi connectivity index (χ1n) is 9.69. The Kier molecular flexibility index (Phi) is 6.40. The Morgan fingerprint density at radius 2 is 1.38 bits per heavy atom. The molecule has 0 aromatic heterocycles. The van der Waals surface area contributed by atoms with E-state index >= 15 is 0 Å².